The number of hydrogen-bond acceptors (Lipinski definition) is 4. The van der Waals surface area contributed by atoms with Gasteiger partial charge in [0.05, 0.1) is 11.3 Å². The number of hydrogen-bond donors (Lipinski definition) is 2. The first kappa shape index (κ1) is 14.0. The molecule has 20 heavy (non-hydrogen) atoms. The Hall–Kier alpha value is -2.42. The second-order valence-corrected chi connectivity index (χ2v) is 4.17. The summed E-state index contributed by atoms with van der Waals surface area (Å²) in [4.78, 5) is 19.6. The summed E-state index contributed by atoms with van der Waals surface area (Å²) in [5.41, 5.74) is 1.37. The fraction of sp³-hybridized carbons (Fsp3) is 0.0714. The lowest BCUT2D eigenvalue weighted by molar-refractivity contribution is 0.102. The third-order valence-corrected chi connectivity index (χ3v) is 2.59. The van der Waals surface area contributed by atoms with Crippen LogP contribution in [0.15, 0.2) is 36.9 Å². The van der Waals surface area contributed by atoms with Gasteiger partial charge in [-0.1, -0.05) is 23.4 Å². The lowest BCUT2D eigenvalue weighted by atomic mass is 10.1. The van der Waals surface area contributed by atoms with Gasteiger partial charge in [0.15, 0.2) is 0 Å². The molecular weight excluding hydrogens is 278 g/mol. The van der Waals surface area contributed by atoms with E-state index in [4.69, 9.17) is 16.7 Å². The van der Waals surface area contributed by atoms with Gasteiger partial charge in [-0.15, -0.1) is 0 Å². The maximum Gasteiger partial charge on any atom is 0.258 e. The molecule has 2 rings (SSSR count). The van der Waals surface area contributed by atoms with Crippen molar-refractivity contribution >= 4 is 23.2 Å². The number of aliphatic hydroxyl groups excluding tert-OH is 1. The summed E-state index contributed by atoms with van der Waals surface area (Å²) in [6, 6.07) is 4.90. The molecule has 2 aromatic rings. The van der Waals surface area contributed by atoms with Crippen LogP contribution in [0.4, 0.5) is 5.69 Å². The minimum Gasteiger partial charge on any atom is -0.384 e. The molecular formula is C14H10ClN3O2. The van der Waals surface area contributed by atoms with Crippen molar-refractivity contribution in [3.8, 4) is 11.8 Å². The number of amides is 1. The summed E-state index contributed by atoms with van der Waals surface area (Å²) in [6.07, 6.45) is 4.17. The minimum absolute atomic E-state index is 0.271. The fourth-order valence-corrected chi connectivity index (χ4v) is 1.65. The SMILES string of the molecule is O=C(Nc1ccc(Cl)cc1C#CCO)c1cncnc1. The van der Waals surface area contributed by atoms with Crippen LogP contribution in [-0.2, 0) is 0 Å². The van der Waals surface area contributed by atoms with Gasteiger partial charge in [-0.05, 0) is 18.2 Å². The van der Waals surface area contributed by atoms with Crippen molar-refractivity contribution < 1.29 is 9.90 Å². The molecule has 1 aromatic carbocycles. The number of rotatable bonds is 2. The second-order valence-electron chi connectivity index (χ2n) is 3.73. The molecule has 1 amide bonds. The Morgan fingerprint density at radius 1 is 1.35 bits per heavy atom. The predicted molar refractivity (Wildman–Crippen MR) is 75.4 cm³/mol. The average molecular weight is 288 g/mol. The summed E-state index contributed by atoms with van der Waals surface area (Å²) < 4.78 is 0. The molecule has 0 aliphatic heterocycles. The van der Waals surface area contributed by atoms with Gasteiger partial charge in [-0.3, -0.25) is 4.79 Å². The number of nitrogens with one attached hydrogen (secondary N) is 1. The standard InChI is InChI=1S/C14H10ClN3O2/c15-12-3-4-13(10(6-12)2-1-5-19)18-14(20)11-7-16-9-17-8-11/h3-4,6-9,19H,5H2,(H,18,20). The number of carbonyl (C=O) groups excluding carboxylic acids is 1. The minimum atomic E-state index is -0.347. The summed E-state index contributed by atoms with van der Waals surface area (Å²) in [6.45, 7) is -0.271. The normalized spacial score (nSPS) is 9.50. The van der Waals surface area contributed by atoms with Gasteiger partial charge in [-0.25, -0.2) is 9.97 Å². The van der Waals surface area contributed by atoms with E-state index in [1.54, 1.807) is 18.2 Å². The molecule has 0 unspecified atom stereocenters. The van der Waals surface area contributed by atoms with Crippen LogP contribution in [-0.4, -0.2) is 27.6 Å². The Kier molecular flexibility index (Phi) is 4.66. The van der Waals surface area contributed by atoms with E-state index in [0.29, 0.717) is 21.8 Å². The molecule has 0 aliphatic rings. The maximum atomic E-state index is 12.0. The van der Waals surface area contributed by atoms with Crippen LogP contribution in [0.25, 0.3) is 0 Å². The van der Waals surface area contributed by atoms with E-state index in [2.05, 4.69) is 27.1 Å². The molecule has 0 saturated carbocycles. The molecule has 0 bridgehead atoms. The van der Waals surface area contributed by atoms with Crippen molar-refractivity contribution in [2.75, 3.05) is 11.9 Å². The van der Waals surface area contributed by atoms with Gasteiger partial charge in [0.2, 0.25) is 0 Å². The topological polar surface area (TPSA) is 75.1 Å². The Labute approximate surface area is 120 Å². The van der Waals surface area contributed by atoms with Crippen molar-refractivity contribution in [2.24, 2.45) is 0 Å². The predicted octanol–water partition coefficient (Wildman–Crippen LogP) is 1.73. The largest absolute Gasteiger partial charge is 0.384 e. The number of carbonyl (C=O) groups is 1. The highest BCUT2D eigenvalue weighted by atomic mass is 35.5. The first-order valence-corrected chi connectivity index (χ1v) is 6.04. The van der Waals surface area contributed by atoms with Gasteiger partial charge < -0.3 is 10.4 Å². The molecule has 0 aliphatic carbocycles. The molecule has 0 fully saturated rings. The molecule has 6 heteroatoms. The van der Waals surface area contributed by atoms with Crippen molar-refractivity contribution in [3.63, 3.8) is 0 Å². The molecule has 1 heterocycles. The summed E-state index contributed by atoms with van der Waals surface area (Å²) in [5, 5.41) is 11.9. The Morgan fingerprint density at radius 2 is 2.10 bits per heavy atom. The smallest absolute Gasteiger partial charge is 0.258 e. The molecule has 100 valence electrons. The van der Waals surface area contributed by atoms with E-state index in [1.807, 2.05) is 0 Å². The van der Waals surface area contributed by atoms with E-state index in [9.17, 15) is 4.79 Å². The monoisotopic (exact) mass is 287 g/mol. The lowest BCUT2D eigenvalue weighted by Gasteiger charge is -2.07. The number of nitrogens with zero attached hydrogens (tertiary/aromatic N) is 2. The number of halogens is 1. The maximum absolute atomic E-state index is 12.0. The van der Waals surface area contributed by atoms with Gasteiger partial charge in [0.25, 0.3) is 5.91 Å². The van der Waals surface area contributed by atoms with Crippen LogP contribution in [0.5, 0.6) is 0 Å². The van der Waals surface area contributed by atoms with Gasteiger partial charge in [-0.2, -0.15) is 0 Å². The molecule has 5 nitrogen and oxygen atoms in total. The quantitative estimate of drug-likeness (QED) is 0.825. The molecule has 0 saturated heterocycles. The highest BCUT2D eigenvalue weighted by Crippen LogP contribution is 2.20. The number of aliphatic hydroxyl groups is 1. The van der Waals surface area contributed by atoms with E-state index < -0.39 is 0 Å². The third-order valence-electron chi connectivity index (χ3n) is 2.35. The zero-order valence-electron chi connectivity index (χ0n) is 10.3. The molecule has 0 spiro atoms. The number of aromatic nitrogens is 2. The molecule has 2 N–H and O–H groups in total. The van der Waals surface area contributed by atoms with E-state index in [-0.39, 0.29) is 12.5 Å². The van der Waals surface area contributed by atoms with Crippen LogP contribution < -0.4 is 5.32 Å². The van der Waals surface area contributed by atoms with Crippen LogP contribution in [0.2, 0.25) is 5.02 Å². The van der Waals surface area contributed by atoms with Crippen molar-refractivity contribution in [3.05, 3.63) is 53.1 Å². The van der Waals surface area contributed by atoms with Crippen LogP contribution in [0.1, 0.15) is 15.9 Å². The summed E-state index contributed by atoms with van der Waals surface area (Å²) in [5.74, 6) is 4.90. The van der Waals surface area contributed by atoms with Crippen molar-refractivity contribution in [1.82, 2.24) is 9.97 Å². The first-order chi connectivity index (χ1) is 9.70. The average Bonchev–Trinajstić information content (AvgIpc) is 2.48. The number of anilines is 1. The van der Waals surface area contributed by atoms with Crippen molar-refractivity contribution in [1.29, 1.82) is 0 Å². The molecule has 1 aromatic heterocycles. The summed E-state index contributed by atoms with van der Waals surface area (Å²) in [7, 11) is 0. The highest BCUT2D eigenvalue weighted by molar-refractivity contribution is 6.30. The van der Waals surface area contributed by atoms with Gasteiger partial charge in [0.1, 0.15) is 12.9 Å². The van der Waals surface area contributed by atoms with Crippen LogP contribution in [0.3, 0.4) is 0 Å². The van der Waals surface area contributed by atoms with E-state index >= 15 is 0 Å². The zero-order chi connectivity index (χ0) is 14.4. The molecule has 0 radical (unpaired) electrons. The first-order valence-electron chi connectivity index (χ1n) is 5.66. The second kappa shape index (κ2) is 6.66. The van der Waals surface area contributed by atoms with Crippen LogP contribution >= 0.6 is 11.6 Å². The van der Waals surface area contributed by atoms with Gasteiger partial charge in [0, 0.05) is 23.0 Å². The summed E-state index contributed by atoms with van der Waals surface area (Å²) >= 11 is 5.89. The third kappa shape index (κ3) is 3.54. The Balaban J connectivity index is 2.27. The van der Waals surface area contributed by atoms with Crippen LogP contribution in [0, 0.1) is 11.8 Å². The van der Waals surface area contributed by atoms with E-state index in [0.717, 1.165) is 0 Å². The fourth-order valence-electron chi connectivity index (χ4n) is 1.47. The van der Waals surface area contributed by atoms with E-state index in [1.165, 1.54) is 18.7 Å². The zero-order valence-corrected chi connectivity index (χ0v) is 11.1. The Morgan fingerprint density at radius 3 is 2.80 bits per heavy atom. The molecule has 0 atom stereocenters. The Bertz CT molecular complexity index is 678. The van der Waals surface area contributed by atoms with Crippen molar-refractivity contribution in [2.45, 2.75) is 0 Å². The lowest BCUT2D eigenvalue weighted by Crippen LogP contribution is -2.13. The van der Waals surface area contributed by atoms with Gasteiger partial charge >= 0.3 is 0 Å². The highest BCUT2D eigenvalue weighted by Gasteiger charge is 2.09. The number of benzene rings is 1.